The molecule has 9 aromatic rings. The van der Waals surface area contributed by atoms with Gasteiger partial charge in [-0.05, 0) is 76.5 Å². The smallest absolute Gasteiger partial charge is 0.124 e. The molecule has 0 atom stereocenters. The molecule has 0 N–H and O–H groups in total. The van der Waals surface area contributed by atoms with E-state index in [1.807, 2.05) is 11.3 Å². The predicted octanol–water partition coefficient (Wildman–Crippen LogP) is 13.1. The number of fused-ring (bicyclic) bond motifs is 6. The van der Waals surface area contributed by atoms with Gasteiger partial charge in [0.25, 0.3) is 0 Å². The van der Waals surface area contributed by atoms with Crippen molar-refractivity contribution < 1.29 is 0 Å². The van der Waals surface area contributed by atoms with Gasteiger partial charge in [0.2, 0.25) is 0 Å². The van der Waals surface area contributed by atoms with Crippen molar-refractivity contribution in [3.8, 4) is 43.4 Å². The Morgan fingerprint density at radius 3 is 2.06 bits per heavy atom. The van der Waals surface area contributed by atoms with Crippen LogP contribution in [0.15, 0.2) is 158 Å². The minimum Gasteiger partial charge on any atom is -0.310 e. The summed E-state index contributed by atoms with van der Waals surface area (Å²) in [5, 5.41) is 6.23. The van der Waals surface area contributed by atoms with Crippen molar-refractivity contribution in [3.63, 3.8) is 0 Å². The Hall–Kier alpha value is -5.55. The van der Waals surface area contributed by atoms with E-state index in [2.05, 4.69) is 163 Å². The molecular weight excluding hydrogens is 609 g/mol. The lowest BCUT2D eigenvalue weighted by Crippen LogP contribution is -2.10. The Morgan fingerprint density at radius 1 is 0.468 bits per heavy atom. The molecule has 7 aromatic carbocycles. The van der Waals surface area contributed by atoms with Gasteiger partial charge < -0.3 is 4.90 Å². The van der Waals surface area contributed by atoms with Crippen molar-refractivity contribution >= 4 is 70.7 Å². The van der Waals surface area contributed by atoms with Crippen LogP contribution in [0, 0.1) is 0 Å². The van der Waals surface area contributed by atoms with Crippen LogP contribution in [0.1, 0.15) is 0 Å². The summed E-state index contributed by atoms with van der Waals surface area (Å²) < 4.78 is 2.59. The fourth-order valence-corrected chi connectivity index (χ4v) is 9.36. The van der Waals surface area contributed by atoms with E-state index in [9.17, 15) is 0 Å². The highest BCUT2D eigenvalue weighted by atomic mass is 32.1. The van der Waals surface area contributed by atoms with E-state index in [-0.39, 0.29) is 0 Å². The van der Waals surface area contributed by atoms with Gasteiger partial charge in [0.05, 0.1) is 16.3 Å². The largest absolute Gasteiger partial charge is 0.310 e. The number of nitrogens with zero attached hydrogens (tertiary/aromatic N) is 2. The number of aromatic nitrogens is 1. The summed E-state index contributed by atoms with van der Waals surface area (Å²) in [7, 11) is 0. The lowest BCUT2D eigenvalue weighted by Gasteiger charge is -2.27. The van der Waals surface area contributed by atoms with Gasteiger partial charge in [-0.15, -0.1) is 22.7 Å². The van der Waals surface area contributed by atoms with E-state index in [1.54, 1.807) is 11.3 Å². The number of hydrogen-bond acceptors (Lipinski definition) is 4. The second-order valence-corrected chi connectivity index (χ2v) is 14.0. The van der Waals surface area contributed by atoms with Gasteiger partial charge in [-0.25, -0.2) is 4.98 Å². The zero-order valence-corrected chi connectivity index (χ0v) is 26.9. The highest BCUT2D eigenvalue weighted by Gasteiger charge is 2.26. The molecule has 0 radical (unpaired) electrons. The minimum absolute atomic E-state index is 1.05. The highest BCUT2D eigenvalue weighted by molar-refractivity contribution is 7.26. The number of rotatable bonds is 5. The Balaban J connectivity index is 1.12. The lowest BCUT2D eigenvalue weighted by atomic mass is 10.0. The summed E-state index contributed by atoms with van der Waals surface area (Å²) in [6, 6.07) is 57.0. The lowest BCUT2D eigenvalue weighted by molar-refractivity contribution is 1.30. The number of thiazole rings is 1. The third-order valence-electron chi connectivity index (χ3n) is 9.24. The molecule has 0 bridgehead atoms. The maximum atomic E-state index is 5.21. The fraction of sp³-hybridized carbons (Fsp3) is 0. The van der Waals surface area contributed by atoms with E-state index in [4.69, 9.17) is 4.98 Å². The quantitative estimate of drug-likeness (QED) is 0.187. The molecule has 2 heterocycles. The van der Waals surface area contributed by atoms with Gasteiger partial charge in [-0.3, -0.25) is 0 Å². The van der Waals surface area contributed by atoms with Crippen LogP contribution in [0.25, 0.3) is 74.3 Å². The van der Waals surface area contributed by atoms with Gasteiger partial charge >= 0.3 is 0 Å². The van der Waals surface area contributed by atoms with Crippen LogP contribution in [-0.4, -0.2) is 4.98 Å². The van der Waals surface area contributed by atoms with Gasteiger partial charge in [0.1, 0.15) is 5.01 Å². The molecule has 10 rings (SSSR count). The number of anilines is 3. The van der Waals surface area contributed by atoms with Crippen LogP contribution < -0.4 is 4.90 Å². The zero-order valence-electron chi connectivity index (χ0n) is 25.2. The van der Waals surface area contributed by atoms with Gasteiger partial charge in [0.15, 0.2) is 0 Å². The second-order valence-electron chi connectivity index (χ2n) is 12.0. The van der Waals surface area contributed by atoms with Crippen molar-refractivity contribution in [1.29, 1.82) is 0 Å². The van der Waals surface area contributed by atoms with E-state index < -0.39 is 0 Å². The number of hydrogen-bond donors (Lipinski definition) is 0. The Kier molecular flexibility index (Phi) is 5.95. The average molecular weight is 635 g/mol. The molecule has 0 spiro atoms. The normalized spacial score (nSPS) is 11.8. The average Bonchev–Trinajstić information content (AvgIpc) is 3.82. The number of benzene rings is 7. The van der Waals surface area contributed by atoms with E-state index in [0.717, 1.165) is 27.6 Å². The Bertz CT molecular complexity index is 2570. The molecule has 47 heavy (non-hydrogen) atoms. The molecule has 0 saturated carbocycles. The molecule has 0 aliphatic heterocycles. The highest BCUT2D eigenvalue weighted by Crippen LogP contribution is 2.51. The molecule has 2 nitrogen and oxygen atoms in total. The third kappa shape index (κ3) is 4.19. The maximum absolute atomic E-state index is 5.21. The molecule has 1 aliphatic rings. The molecular formula is C43H26N2S2. The van der Waals surface area contributed by atoms with Crippen molar-refractivity contribution in [2.75, 3.05) is 4.90 Å². The van der Waals surface area contributed by atoms with Crippen LogP contribution >= 0.6 is 22.7 Å². The molecule has 0 amide bonds. The first kappa shape index (κ1) is 26.6. The van der Waals surface area contributed by atoms with Gasteiger partial charge in [0, 0.05) is 48.2 Å². The minimum atomic E-state index is 1.05. The summed E-state index contributed by atoms with van der Waals surface area (Å²) >= 11 is 3.65. The van der Waals surface area contributed by atoms with Crippen molar-refractivity contribution in [2.24, 2.45) is 0 Å². The molecule has 0 unspecified atom stereocenters. The first-order valence-electron chi connectivity index (χ1n) is 15.8. The predicted molar refractivity (Wildman–Crippen MR) is 202 cm³/mol. The van der Waals surface area contributed by atoms with Crippen molar-refractivity contribution in [2.45, 2.75) is 0 Å². The third-order valence-corrected chi connectivity index (χ3v) is 11.5. The van der Waals surface area contributed by atoms with Gasteiger partial charge in [-0.1, -0.05) is 103 Å². The monoisotopic (exact) mass is 634 g/mol. The molecule has 0 fully saturated rings. The Morgan fingerprint density at radius 2 is 1.19 bits per heavy atom. The summed E-state index contributed by atoms with van der Waals surface area (Å²) in [4.78, 5) is 8.89. The van der Waals surface area contributed by atoms with E-state index in [0.29, 0.717) is 0 Å². The molecule has 4 heteroatoms. The van der Waals surface area contributed by atoms with Crippen LogP contribution in [0.2, 0.25) is 0 Å². The number of thiophene rings is 1. The van der Waals surface area contributed by atoms with Crippen LogP contribution in [-0.2, 0) is 0 Å². The fourth-order valence-electron chi connectivity index (χ4n) is 7.11. The molecule has 1 aliphatic carbocycles. The summed E-state index contributed by atoms with van der Waals surface area (Å²) in [5.74, 6) is 0. The second kappa shape index (κ2) is 10.5. The molecule has 2 aromatic heterocycles. The van der Waals surface area contributed by atoms with Crippen LogP contribution in [0.3, 0.4) is 0 Å². The first-order valence-corrected chi connectivity index (χ1v) is 17.4. The molecule has 220 valence electrons. The van der Waals surface area contributed by atoms with Gasteiger partial charge in [-0.2, -0.15) is 0 Å². The van der Waals surface area contributed by atoms with E-state index >= 15 is 0 Å². The van der Waals surface area contributed by atoms with Crippen molar-refractivity contribution in [3.05, 3.63) is 158 Å². The summed E-state index contributed by atoms with van der Waals surface area (Å²) in [5.41, 5.74) is 10.6. The zero-order chi connectivity index (χ0) is 30.9. The first-order chi connectivity index (χ1) is 23.3. The van der Waals surface area contributed by atoms with Crippen molar-refractivity contribution in [1.82, 2.24) is 4.98 Å². The summed E-state index contributed by atoms with van der Waals surface area (Å²) in [6.07, 6.45) is 0. The SMILES string of the molecule is c1ccc(-c2cccc(N(c3ccc(-c4nc5c(s4)-c4cccc6cccc-5c46)cc3)c3cccc4sc5ccccc5c34)c2)cc1. The standard InChI is InChI=1S/C43H26N2S2/c1-2-10-27(11-3-1)30-14-6-15-32(26-30)45(36-19-9-21-38-40(36)33-16-4-5-20-37(33)46-38)31-24-22-29(23-25-31)43-44-41-34-17-7-12-28-13-8-18-35(39(28)34)42(41)47-43/h1-26H. The van der Waals surface area contributed by atoms with Crippen LogP contribution in [0.5, 0.6) is 0 Å². The Labute approximate surface area is 280 Å². The topological polar surface area (TPSA) is 16.1 Å². The van der Waals surface area contributed by atoms with E-state index in [1.165, 1.54) is 63.8 Å². The maximum Gasteiger partial charge on any atom is 0.124 e. The summed E-state index contributed by atoms with van der Waals surface area (Å²) in [6.45, 7) is 0. The van der Waals surface area contributed by atoms with Crippen LogP contribution in [0.4, 0.5) is 17.1 Å². The molecule has 0 saturated heterocycles.